The summed E-state index contributed by atoms with van der Waals surface area (Å²) in [6.45, 7) is 2.79. The molecule has 1 fully saturated rings. The molecule has 2 heterocycles. The minimum atomic E-state index is -0.191. The molecule has 34 heavy (non-hydrogen) atoms. The van der Waals surface area contributed by atoms with E-state index in [1.165, 1.54) is 11.3 Å². The highest BCUT2D eigenvalue weighted by Gasteiger charge is 2.24. The molecule has 0 saturated carbocycles. The molecule has 9 heteroatoms. The lowest BCUT2D eigenvalue weighted by atomic mass is 10.1. The van der Waals surface area contributed by atoms with Gasteiger partial charge in [0, 0.05) is 32.6 Å². The first-order valence-electron chi connectivity index (χ1n) is 11.6. The number of unbranched alkanes of at least 4 members (excludes halogenated alkanes) is 2. The topological polar surface area (TPSA) is 84.0 Å². The molecule has 4 rings (SSSR count). The van der Waals surface area contributed by atoms with Gasteiger partial charge in [-0.2, -0.15) is 0 Å². The van der Waals surface area contributed by atoms with Crippen LogP contribution in [0.5, 0.6) is 11.5 Å². The molecule has 3 aromatic rings. The van der Waals surface area contributed by atoms with Crippen LogP contribution in [0.1, 0.15) is 25.7 Å². The summed E-state index contributed by atoms with van der Waals surface area (Å²) in [5, 5.41) is 3.43. The lowest BCUT2D eigenvalue weighted by Crippen LogP contribution is -2.51. The molecule has 1 saturated heterocycles. The first-order chi connectivity index (χ1) is 16.6. The van der Waals surface area contributed by atoms with Crippen LogP contribution in [0.2, 0.25) is 0 Å². The second kappa shape index (κ2) is 11.7. The summed E-state index contributed by atoms with van der Waals surface area (Å²) in [5.74, 6) is 1.72. The number of para-hydroxylation sites is 2. The third-order valence-corrected chi connectivity index (χ3v) is 6.72. The number of hydrogen-bond acceptors (Lipinski definition) is 6. The van der Waals surface area contributed by atoms with Crippen molar-refractivity contribution in [2.24, 2.45) is 0 Å². The molecule has 0 unspecified atom stereocenters. The van der Waals surface area contributed by atoms with Crippen LogP contribution < -0.4 is 14.8 Å². The Morgan fingerprint density at radius 2 is 1.74 bits per heavy atom. The lowest BCUT2D eigenvalue weighted by Gasteiger charge is -2.34. The Morgan fingerprint density at radius 3 is 2.50 bits per heavy atom. The fourth-order valence-corrected chi connectivity index (χ4v) is 4.76. The zero-order valence-electron chi connectivity index (χ0n) is 19.4. The minimum absolute atomic E-state index is 0.155. The largest absolute Gasteiger partial charge is 0.494 e. The van der Waals surface area contributed by atoms with E-state index in [1.807, 2.05) is 53.4 Å². The number of benzene rings is 2. The number of methoxy groups -OCH3 is 1. The predicted molar refractivity (Wildman–Crippen MR) is 134 cm³/mol. The smallest absolute Gasteiger partial charge is 0.323 e. The van der Waals surface area contributed by atoms with Crippen molar-refractivity contribution in [3.63, 3.8) is 0 Å². The van der Waals surface area contributed by atoms with Gasteiger partial charge in [-0.1, -0.05) is 35.6 Å². The number of anilines is 1. The molecule has 1 aliphatic heterocycles. The summed E-state index contributed by atoms with van der Waals surface area (Å²) in [7, 11) is 1.60. The molecule has 0 bridgehead atoms. The molecule has 0 aliphatic carbocycles. The van der Waals surface area contributed by atoms with E-state index in [2.05, 4.69) is 10.3 Å². The molecule has 1 aromatic heterocycles. The fourth-order valence-electron chi connectivity index (χ4n) is 3.89. The lowest BCUT2D eigenvalue weighted by molar-refractivity contribution is -0.132. The van der Waals surface area contributed by atoms with Crippen molar-refractivity contribution >= 4 is 38.6 Å². The molecule has 3 amide bonds. The van der Waals surface area contributed by atoms with E-state index in [9.17, 15) is 9.59 Å². The van der Waals surface area contributed by atoms with E-state index in [1.54, 1.807) is 12.0 Å². The van der Waals surface area contributed by atoms with Gasteiger partial charge in [0.15, 0.2) is 5.13 Å². The Balaban J connectivity index is 1.14. The normalized spacial score (nSPS) is 13.7. The number of aromatic nitrogens is 1. The van der Waals surface area contributed by atoms with Crippen molar-refractivity contribution in [2.45, 2.75) is 25.7 Å². The maximum Gasteiger partial charge on any atom is 0.323 e. The van der Waals surface area contributed by atoms with Crippen LogP contribution in [0.4, 0.5) is 9.93 Å². The molecular formula is C25H30N4O4S. The Hall–Kier alpha value is -3.33. The van der Waals surface area contributed by atoms with Crippen LogP contribution >= 0.6 is 11.3 Å². The first kappa shape index (κ1) is 23.8. The standard InChI is InChI=1S/C25H30N4O4S/c1-32-20-11-8-12-21-23(20)26-24(34-21)27-25(31)29-16-14-28(15-17-29)22(30)13-6-3-7-18-33-19-9-4-2-5-10-19/h2,4-5,8-12H,3,6-7,13-18H2,1H3,(H,26,27,31). The number of hydrogen-bond donors (Lipinski definition) is 1. The number of nitrogens with zero attached hydrogens (tertiary/aromatic N) is 3. The molecule has 0 atom stereocenters. The van der Waals surface area contributed by atoms with Crippen LogP contribution in [-0.2, 0) is 4.79 Å². The SMILES string of the molecule is COc1cccc2sc(NC(=O)N3CCN(C(=O)CCCCCOc4ccccc4)CC3)nc12. The average Bonchev–Trinajstić information content (AvgIpc) is 3.29. The fraction of sp³-hybridized carbons (Fsp3) is 0.400. The number of amides is 3. The molecule has 0 radical (unpaired) electrons. The van der Waals surface area contributed by atoms with Crippen LogP contribution in [0, 0.1) is 0 Å². The summed E-state index contributed by atoms with van der Waals surface area (Å²) in [4.78, 5) is 33.3. The van der Waals surface area contributed by atoms with Crippen LogP contribution in [-0.4, -0.2) is 66.6 Å². The quantitative estimate of drug-likeness (QED) is 0.450. The van der Waals surface area contributed by atoms with Crippen molar-refractivity contribution in [2.75, 3.05) is 45.2 Å². The van der Waals surface area contributed by atoms with Crippen LogP contribution in [0.15, 0.2) is 48.5 Å². The molecule has 8 nitrogen and oxygen atoms in total. The van der Waals surface area contributed by atoms with Gasteiger partial charge in [-0.3, -0.25) is 10.1 Å². The molecule has 2 aromatic carbocycles. The number of thiazole rings is 1. The van der Waals surface area contributed by atoms with Crippen molar-refractivity contribution in [1.29, 1.82) is 0 Å². The van der Waals surface area contributed by atoms with Gasteiger partial charge >= 0.3 is 6.03 Å². The second-order valence-electron chi connectivity index (χ2n) is 8.10. The van der Waals surface area contributed by atoms with E-state index < -0.39 is 0 Å². The third-order valence-electron chi connectivity index (χ3n) is 5.78. The highest BCUT2D eigenvalue weighted by molar-refractivity contribution is 7.22. The molecular weight excluding hydrogens is 452 g/mol. The molecule has 0 spiro atoms. The number of nitrogens with one attached hydrogen (secondary N) is 1. The monoisotopic (exact) mass is 482 g/mol. The van der Waals surface area contributed by atoms with Gasteiger partial charge in [0.2, 0.25) is 5.91 Å². The summed E-state index contributed by atoms with van der Waals surface area (Å²) in [6, 6.07) is 15.3. The number of piperazine rings is 1. The maximum absolute atomic E-state index is 12.7. The Labute approximate surface area is 203 Å². The van der Waals surface area contributed by atoms with E-state index in [0.717, 1.165) is 35.2 Å². The van der Waals surface area contributed by atoms with Gasteiger partial charge in [-0.25, -0.2) is 9.78 Å². The number of fused-ring (bicyclic) bond motifs is 1. The van der Waals surface area contributed by atoms with Gasteiger partial charge in [-0.05, 0) is 43.5 Å². The first-order valence-corrected chi connectivity index (χ1v) is 12.4. The van der Waals surface area contributed by atoms with Crippen LogP contribution in [0.3, 0.4) is 0 Å². The molecule has 1 N–H and O–H groups in total. The zero-order valence-corrected chi connectivity index (χ0v) is 20.2. The summed E-state index contributed by atoms with van der Waals surface area (Å²) < 4.78 is 12.0. The van der Waals surface area contributed by atoms with Gasteiger partial charge in [0.05, 0.1) is 18.4 Å². The number of urea groups is 1. The number of carbonyl (C=O) groups is 2. The van der Waals surface area contributed by atoms with Crippen molar-refractivity contribution < 1.29 is 19.1 Å². The highest BCUT2D eigenvalue weighted by atomic mass is 32.1. The van der Waals surface area contributed by atoms with Crippen molar-refractivity contribution in [3.8, 4) is 11.5 Å². The number of rotatable bonds is 9. The van der Waals surface area contributed by atoms with Crippen molar-refractivity contribution in [3.05, 3.63) is 48.5 Å². The van der Waals surface area contributed by atoms with E-state index in [-0.39, 0.29) is 11.9 Å². The van der Waals surface area contributed by atoms with Crippen molar-refractivity contribution in [1.82, 2.24) is 14.8 Å². The Kier molecular flexibility index (Phi) is 8.19. The predicted octanol–water partition coefficient (Wildman–Crippen LogP) is 4.62. The Bertz CT molecular complexity index is 1100. The second-order valence-corrected chi connectivity index (χ2v) is 9.13. The maximum atomic E-state index is 12.7. The summed E-state index contributed by atoms with van der Waals surface area (Å²) in [5.41, 5.74) is 0.743. The van der Waals surface area contributed by atoms with E-state index in [4.69, 9.17) is 9.47 Å². The summed E-state index contributed by atoms with van der Waals surface area (Å²) >= 11 is 1.41. The van der Waals surface area contributed by atoms with Gasteiger partial charge < -0.3 is 19.3 Å². The Morgan fingerprint density at radius 1 is 0.971 bits per heavy atom. The van der Waals surface area contributed by atoms with Crippen LogP contribution in [0.25, 0.3) is 10.2 Å². The van der Waals surface area contributed by atoms with Gasteiger partial charge in [0.25, 0.3) is 0 Å². The molecule has 180 valence electrons. The van der Waals surface area contributed by atoms with Gasteiger partial charge in [0.1, 0.15) is 17.0 Å². The molecule has 1 aliphatic rings. The minimum Gasteiger partial charge on any atom is -0.494 e. The van der Waals surface area contributed by atoms with E-state index in [0.29, 0.717) is 50.1 Å². The number of ether oxygens (including phenoxy) is 2. The van der Waals surface area contributed by atoms with E-state index >= 15 is 0 Å². The average molecular weight is 483 g/mol. The number of carbonyl (C=O) groups excluding carboxylic acids is 2. The highest BCUT2D eigenvalue weighted by Crippen LogP contribution is 2.32. The third kappa shape index (κ3) is 6.17. The van der Waals surface area contributed by atoms with Gasteiger partial charge in [-0.15, -0.1) is 0 Å². The zero-order chi connectivity index (χ0) is 23.8. The summed E-state index contributed by atoms with van der Waals surface area (Å²) in [6.07, 6.45) is 3.26.